The molecule has 1 atom stereocenters. The number of nitrogens with zero attached hydrogens (tertiary/aromatic N) is 3. The molecular formula is C24H27Cl2N5O2S. The SMILES string of the molecule is Cc1ccc(NC(=O)CSc2nnc([C@@H](CC(C)C)NC(=O)c3ccccc3Cl)n2C)cc1Cl. The van der Waals surface area contributed by atoms with Crippen molar-refractivity contribution in [3.8, 4) is 0 Å². The van der Waals surface area contributed by atoms with E-state index in [-0.39, 0.29) is 23.6 Å². The number of halogens is 2. The number of rotatable bonds is 9. The number of benzene rings is 2. The number of anilines is 1. The van der Waals surface area contributed by atoms with Crippen molar-refractivity contribution in [3.63, 3.8) is 0 Å². The Bertz CT molecular complexity index is 1180. The van der Waals surface area contributed by atoms with Gasteiger partial charge in [0.25, 0.3) is 5.91 Å². The van der Waals surface area contributed by atoms with E-state index in [9.17, 15) is 9.59 Å². The lowest BCUT2D eigenvalue weighted by Crippen LogP contribution is -2.31. The van der Waals surface area contributed by atoms with Gasteiger partial charge in [-0.3, -0.25) is 9.59 Å². The van der Waals surface area contributed by atoms with Crippen molar-refractivity contribution in [2.45, 2.75) is 38.4 Å². The Kier molecular flexibility index (Phi) is 8.99. The minimum atomic E-state index is -0.362. The molecule has 0 fully saturated rings. The van der Waals surface area contributed by atoms with Gasteiger partial charge in [0.1, 0.15) is 0 Å². The van der Waals surface area contributed by atoms with Gasteiger partial charge >= 0.3 is 0 Å². The molecule has 0 aliphatic rings. The van der Waals surface area contributed by atoms with E-state index in [1.54, 1.807) is 34.9 Å². The zero-order chi connectivity index (χ0) is 24.8. The van der Waals surface area contributed by atoms with E-state index in [0.717, 1.165) is 5.56 Å². The van der Waals surface area contributed by atoms with Crippen LogP contribution >= 0.6 is 35.0 Å². The van der Waals surface area contributed by atoms with E-state index in [1.165, 1.54) is 11.8 Å². The third-order valence-corrected chi connectivity index (χ3v) is 6.86. The lowest BCUT2D eigenvalue weighted by Gasteiger charge is -2.20. The lowest BCUT2D eigenvalue weighted by atomic mass is 10.0. The number of aromatic nitrogens is 3. The highest BCUT2D eigenvalue weighted by molar-refractivity contribution is 7.99. The predicted molar refractivity (Wildman–Crippen MR) is 138 cm³/mol. The molecular weight excluding hydrogens is 493 g/mol. The van der Waals surface area contributed by atoms with Crippen LogP contribution in [0.1, 0.15) is 48.1 Å². The van der Waals surface area contributed by atoms with E-state index in [4.69, 9.17) is 23.2 Å². The second kappa shape index (κ2) is 11.7. The normalized spacial score (nSPS) is 12.0. The van der Waals surface area contributed by atoms with Gasteiger partial charge in [0.15, 0.2) is 11.0 Å². The van der Waals surface area contributed by atoms with Gasteiger partial charge in [-0.2, -0.15) is 0 Å². The summed E-state index contributed by atoms with van der Waals surface area (Å²) >= 11 is 13.6. The lowest BCUT2D eigenvalue weighted by molar-refractivity contribution is -0.113. The van der Waals surface area contributed by atoms with Gasteiger partial charge < -0.3 is 15.2 Å². The molecule has 0 saturated carbocycles. The maximum absolute atomic E-state index is 12.9. The van der Waals surface area contributed by atoms with Crippen LogP contribution in [-0.2, 0) is 11.8 Å². The summed E-state index contributed by atoms with van der Waals surface area (Å²) in [6.45, 7) is 6.05. The van der Waals surface area contributed by atoms with Crippen LogP contribution in [0.3, 0.4) is 0 Å². The fourth-order valence-electron chi connectivity index (χ4n) is 3.33. The highest BCUT2D eigenvalue weighted by Gasteiger charge is 2.24. The van der Waals surface area contributed by atoms with Gasteiger partial charge in [-0.05, 0) is 49.1 Å². The minimum Gasteiger partial charge on any atom is -0.342 e. The quantitative estimate of drug-likeness (QED) is 0.355. The predicted octanol–water partition coefficient (Wildman–Crippen LogP) is 5.68. The largest absolute Gasteiger partial charge is 0.342 e. The molecule has 0 aliphatic heterocycles. The molecule has 1 heterocycles. The van der Waals surface area contributed by atoms with Crippen molar-refractivity contribution in [3.05, 3.63) is 69.5 Å². The zero-order valence-electron chi connectivity index (χ0n) is 19.4. The van der Waals surface area contributed by atoms with Crippen molar-refractivity contribution >= 4 is 52.5 Å². The van der Waals surface area contributed by atoms with Gasteiger partial charge in [-0.25, -0.2) is 0 Å². The van der Waals surface area contributed by atoms with Crippen LogP contribution in [0.4, 0.5) is 5.69 Å². The average Bonchev–Trinajstić information content (AvgIpc) is 3.14. The molecule has 0 bridgehead atoms. The first-order chi connectivity index (χ1) is 16.2. The van der Waals surface area contributed by atoms with Crippen LogP contribution in [0.5, 0.6) is 0 Å². The number of amides is 2. The molecule has 0 unspecified atom stereocenters. The van der Waals surface area contributed by atoms with Crippen molar-refractivity contribution in [2.75, 3.05) is 11.1 Å². The molecule has 0 spiro atoms. The molecule has 34 heavy (non-hydrogen) atoms. The number of nitrogens with one attached hydrogen (secondary N) is 2. The summed E-state index contributed by atoms with van der Waals surface area (Å²) in [6.07, 6.45) is 0.668. The number of hydrogen-bond donors (Lipinski definition) is 2. The summed E-state index contributed by atoms with van der Waals surface area (Å²) in [6, 6.07) is 11.9. The summed E-state index contributed by atoms with van der Waals surface area (Å²) in [5, 5.41) is 16.0. The summed E-state index contributed by atoms with van der Waals surface area (Å²) in [4.78, 5) is 25.3. The summed E-state index contributed by atoms with van der Waals surface area (Å²) < 4.78 is 1.81. The Hall–Kier alpha value is -2.55. The van der Waals surface area contributed by atoms with E-state index in [0.29, 0.717) is 44.6 Å². The van der Waals surface area contributed by atoms with Crippen LogP contribution in [0.25, 0.3) is 0 Å². The first-order valence-electron chi connectivity index (χ1n) is 10.8. The standard InChI is InChI=1S/C24H27Cl2N5O2S/c1-14(2)11-20(28-23(33)17-7-5-6-8-18(17)25)22-29-30-24(31(22)4)34-13-21(32)27-16-10-9-15(3)19(26)12-16/h5-10,12,14,20H,11,13H2,1-4H3,(H,27,32)(H,28,33)/t20-/m1/s1. The van der Waals surface area contributed by atoms with Crippen LogP contribution in [0, 0.1) is 12.8 Å². The van der Waals surface area contributed by atoms with E-state index in [1.807, 2.05) is 26.1 Å². The van der Waals surface area contributed by atoms with Crippen LogP contribution in [0.2, 0.25) is 10.0 Å². The first-order valence-corrected chi connectivity index (χ1v) is 12.5. The molecule has 3 aromatic rings. The molecule has 2 amide bonds. The number of carbonyl (C=O) groups excluding carboxylic acids is 2. The van der Waals surface area contributed by atoms with Crippen molar-refractivity contribution in [2.24, 2.45) is 13.0 Å². The second-order valence-electron chi connectivity index (χ2n) is 8.34. The van der Waals surface area contributed by atoms with Gasteiger partial charge in [-0.15, -0.1) is 10.2 Å². The highest BCUT2D eigenvalue weighted by atomic mass is 35.5. The Morgan fingerprint density at radius 2 is 1.82 bits per heavy atom. The fraction of sp³-hybridized carbons (Fsp3) is 0.333. The van der Waals surface area contributed by atoms with E-state index in [2.05, 4.69) is 34.7 Å². The number of hydrogen-bond acceptors (Lipinski definition) is 5. The third kappa shape index (κ3) is 6.74. The van der Waals surface area contributed by atoms with Crippen molar-refractivity contribution in [1.82, 2.24) is 20.1 Å². The molecule has 2 aromatic carbocycles. The molecule has 10 heteroatoms. The van der Waals surface area contributed by atoms with Crippen LogP contribution in [0.15, 0.2) is 47.6 Å². The number of thioether (sulfide) groups is 1. The fourth-order valence-corrected chi connectivity index (χ4v) is 4.45. The van der Waals surface area contributed by atoms with Crippen molar-refractivity contribution < 1.29 is 9.59 Å². The smallest absolute Gasteiger partial charge is 0.253 e. The number of aryl methyl sites for hydroxylation is 1. The highest BCUT2D eigenvalue weighted by Crippen LogP contribution is 2.26. The van der Waals surface area contributed by atoms with Gasteiger partial charge in [0.05, 0.1) is 22.4 Å². The van der Waals surface area contributed by atoms with Crippen molar-refractivity contribution in [1.29, 1.82) is 0 Å². The van der Waals surface area contributed by atoms with Crippen LogP contribution < -0.4 is 10.6 Å². The molecule has 3 rings (SSSR count). The molecule has 0 radical (unpaired) electrons. The maximum Gasteiger partial charge on any atom is 0.253 e. The second-order valence-corrected chi connectivity index (χ2v) is 10.1. The molecule has 2 N–H and O–H groups in total. The third-order valence-electron chi connectivity index (χ3n) is 5.10. The van der Waals surface area contributed by atoms with E-state index >= 15 is 0 Å². The summed E-state index contributed by atoms with van der Waals surface area (Å²) in [7, 11) is 1.82. The molecule has 180 valence electrons. The minimum absolute atomic E-state index is 0.151. The zero-order valence-corrected chi connectivity index (χ0v) is 21.8. The molecule has 7 nitrogen and oxygen atoms in total. The number of carbonyl (C=O) groups is 2. The molecule has 1 aromatic heterocycles. The van der Waals surface area contributed by atoms with Gasteiger partial charge in [0, 0.05) is 17.8 Å². The van der Waals surface area contributed by atoms with Gasteiger partial charge in [-0.1, -0.05) is 67.0 Å². The Balaban J connectivity index is 1.68. The maximum atomic E-state index is 12.9. The average molecular weight is 520 g/mol. The molecule has 0 aliphatic carbocycles. The van der Waals surface area contributed by atoms with Gasteiger partial charge in [0.2, 0.25) is 5.91 Å². The van der Waals surface area contributed by atoms with E-state index < -0.39 is 0 Å². The summed E-state index contributed by atoms with van der Waals surface area (Å²) in [5.41, 5.74) is 1.99. The summed E-state index contributed by atoms with van der Waals surface area (Å²) in [5.74, 6) is 0.613. The Morgan fingerprint density at radius 3 is 2.50 bits per heavy atom. The topological polar surface area (TPSA) is 88.9 Å². The van der Waals surface area contributed by atoms with Crippen LogP contribution in [-0.4, -0.2) is 32.3 Å². The monoisotopic (exact) mass is 519 g/mol. The first kappa shape index (κ1) is 26.1. The molecule has 0 saturated heterocycles. The Labute approximate surface area is 213 Å². The Morgan fingerprint density at radius 1 is 1.09 bits per heavy atom.